The Morgan fingerprint density at radius 2 is 2.20 bits per heavy atom. The van der Waals surface area contributed by atoms with Crippen LogP contribution in [0.2, 0.25) is 0 Å². The van der Waals surface area contributed by atoms with Crippen molar-refractivity contribution in [3.8, 4) is 0 Å². The predicted molar refractivity (Wildman–Crippen MR) is 79.5 cm³/mol. The highest BCUT2D eigenvalue weighted by Gasteiger charge is 2.25. The number of hydrogen-bond acceptors (Lipinski definition) is 3. The molecule has 0 bridgehead atoms. The molecular formula is C16H23N3O. The first kappa shape index (κ1) is 13.6. The van der Waals surface area contributed by atoms with E-state index in [2.05, 4.69) is 30.3 Å². The van der Waals surface area contributed by atoms with Crippen molar-refractivity contribution < 1.29 is 4.74 Å². The first-order valence-electron chi connectivity index (χ1n) is 7.47. The van der Waals surface area contributed by atoms with E-state index in [1.807, 2.05) is 18.3 Å². The molecule has 0 spiro atoms. The van der Waals surface area contributed by atoms with E-state index < -0.39 is 0 Å². The van der Waals surface area contributed by atoms with Gasteiger partial charge >= 0.3 is 0 Å². The molecular weight excluding hydrogens is 250 g/mol. The smallest absolute Gasteiger partial charge is 0.160 e. The second-order valence-electron chi connectivity index (χ2n) is 6.82. The number of aromatic nitrogens is 3. The number of fused-ring (bicyclic) bond motifs is 1. The summed E-state index contributed by atoms with van der Waals surface area (Å²) >= 11 is 0. The molecule has 1 fully saturated rings. The Balaban J connectivity index is 2.06. The molecule has 0 saturated carbocycles. The zero-order valence-corrected chi connectivity index (χ0v) is 12.6. The van der Waals surface area contributed by atoms with Crippen LogP contribution >= 0.6 is 0 Å². The molecule has 1 unspecified atom stereocenters. The summed E-state index contributed by atoms with van der Waals surface area (Å²) in [5.74, 6) is 1.05. The van der Waals surface area contributed by atoms with E-state index in [4.69, 9.17) is 9.72 Å². The molecule has 108 valence electrons. The van der Waals surface area contributed by atoms with E-state index >= 15 is 0 Å². The molecule has 0 radical (unpaired) electrons. The number of imidazole rings is 1. The Labute approximate surface area is 120 Å². The molecule has 0 amide bonds. The van der Waals surface area contributed by atoms with Crippen molar-refractivity contribution in [2.24, 2.45) is 5.41 Å². The van der Waals surface area contributed by atoms with Crippen molar-refractivity contribution in [2.75, 3.05) is 6.61 Å². The molecule has 0 aromatic carbocycles. The minimum absolute atomic E-state index is 0.125. The maximum Gasteiger partial charge on any atom is 0.160 e. The summed E-state index contributed by atoms with van der Waals surface area (Å²) in [7, 11) is 0. The minimum atomic E-state index is 0.125. The molecule has 0 aliphatic carbocycles. The highest BCUT2D eigenvalue weighted by atomic mass is 16.5. The largest absolute Gasteiger partial charge is 0.370 e. The van der Waals surface area contributed by atoms with Gasteiger partial charge in [0.1, 0.15) is 17.4 Å². The molecule has 3 rings (SSSR count). The van der Waals surface area contributed by atoms with Gasteiger partial charge in [0.05, 0.1) is 0 Å². The molecule has 1 saturated heterocycles. The maximum atomic E-state index is 5.94. The minimum Gasteiger partial charge on any atom is -0.370 e. The number of ether oxygens (including phenoxy) is 1. The van der Waals surface area contributed by atoms with Gasteiger partial charge in [0, 0.05) is 19.3 Å². The van der Waals surface area contributed by atoms with Crippen LogP contribution < -0.4 is 0 Å². The Morgan fingerprint density at radius 3 is 2.90 bits per heavy atom. The van der Waals surface area contributed by atoms with Gasteiger partial charge in [-0.05, 0) is 36.8 Å². The quantitative estimate of drug-likeness (QED) is 0.837. The molecule has 1 aliphatic rings. The summed E-state index contributed by atoms with van der Waals surface area (Å²) in [6, 6.07) is 3.98. The zero-order valence-electron chi connectivity index (χ0n) is 12.6. The third-order valence-corrected chi connectivity index (χ3v) is 3.63. The van der Waals surface area contributed by atoms with Gasteiger partial charge in [0.15, 0.2) is 5.65 Å². The van der Waals surface area contributed by atoms with Crippen LogP contribution in [0.4, 0.5) is 0 Å². The number of pyridine rings is 1. The predicted octanol–water partition coefficient (Wildman–Crippen LogP) is 3.72. The first-order chi connectivity index (χ1) is 9.54. The molecule has 4 heteroatoms. The van der Waals surface area contributed by atoms with E-state index in [-0.39, 0.29) is 11.5 Å². The van der Waals surface area contributed by atoms with Gasteiger partial charge in [-0.3, -0.25) is 0 Å². The van der Waals surface area contributed by atoms with Gasteiger partial charge in [-0.1, -0.05) is 20.8 Å². The Hall–Kier alpha value is -1.42. The second-order valence-corrected chi connectivity index (χ2v) is 6.82. The van der Waals surface area contributed by atoms with Gasteiger partial charge in [-0.2, -0.15) is 0 Å². The lowest BCUT2D eigenvalue weighted by atomic mass is 9.96. The summed E-state index contributed by atoms with van der Waals surface area (Å²) in [6.07, 6.45) is 5.41. The van der Waals surface area contributed by atoms with Crippen molar-refractivity contribution in [1.82, 2.24) is 14.5 Å². The van der Waals surface area contributed by atoms with E-state index in [1.54, 1.807) is 0 Å². The van der Waals surface area contributed by atoms with Crippen LogP contribution in [0.3, 0.4) is 0 Å². The SMILES string of the molecule is CC(C)(C)Cn1c(C2CCCCO2)nc2cccnc21. The molecule has 1 atom stereocenters. The lowest BCUT2D eigenvalue weighted by Crippen LogP contribution is -2.22. The number of nitrogens with zero attached hydrogens (tertiary/aromatic N) is 3. The first-order valence-corrected chi connectivity index (χ1v) is 7.47. The zero-order chi connectivity index (χ0) is 14.2. The topological polar surface area (TPSA) is 39.9 Å². The van der Waals surface area contributed by atoms with Crippen molar-refractivity contribution >= 4 is 11.2 Å². The van der Waals surface area contributed by atoms with E-state index in [0.29, 0.717) is 0 Å². The lowest BCUT2D eigenvalue weighted by molar-refractivity contribution is 0.00684. The third kappa shape index (κ3) is 2.70. The molecule has 4 nitrogen and oxygen atoms in total. The summed E-state index contributed by atoms with van der Waals surface area (Å²) in [5, 5.41) is 0. The third-order valence-electron chi connectivity index (χ3n) is 3.63. The lowest BCUT2D eigenvalue weighted by Gasteiger charge is -2.26. The highest BCUT2D eigenvalue weighted by molar-refractivity contribution is 5.71. The Bertz CT molecular complexity index is 591. The molecule has 1 aliphatic heterocycles. The summed E-state index contributed by atoms with van der Waals surface area (Å²) in [5.41, 5.74) is 2.14. The van der Waals surface area contributed by atoms with Gasteiger partial charge in [0.2, 0.25) is 0 Å². The number of hydrogen-bond donors (Lipinski definition) is 0. The van der Waals surface area contributed by atoms with Gasteiger partial charge in [-0.15, -0.1) is 0 Å². The number of rotatable bonds is 2. The van der Waals surface area contributed by atoms with Crippen molar-refractivity contribution in [3.63, 3.8) is 0 Å². The second kappa shape index (κ2) is 5.17. The molecule has 3 heterocycles. The van der Waals surface area contributed by atoms with Crippen molar-refractivity contribution in [3.05, 3.63) is 24.2 Å². The summed E-state index contributed by atoms with van der Waals surface area (Å²) in [4.78, 5) is 9.32. The van der Waals surface area contributed by atoms with Gasteiger partial charge < -0.3 is 9.30 Å². The van der Waals surface area contributed by atoms with Gasteiger partial charge in [-0.25, -0.2) is 9.97 Å². The Morgan fingerprint density at radius 1 is 1.35 bits per heavy atom. The van der Waals surface area contributed by atoms with E-state index in [0.717, 1.165) is 43.0 Å². The maximum absolute atomic E-state index is 5.94. The van der Waals surface area contributed by atoms with Crippen molar-refractivity contribution in [1.29, 1.82) is 0 Å². The van der Waals surface area contributed by atoms with Crippen LogP contribution in [-0.2, 0) is 11.3 Å². The highest BCUT2D eigenvalue weighted by Crippen LogP contribution is 2.31. The summed E-state index contributed by atoms with van der Waals surface area (Å²) < 4.78 is 8.19. The molecule has 0 N–H and O–H groups in total. The van der Waals surface area contributed by atoms with Crippen LogP contribution in [-0.4, -0.2) is 21.1 Å². The van der Waals surface area contributed by atoms with Crippen molar-refractivity contribution in [2.45, 2.75) is 52.7 Å². The Kier molecular flexibility index (Phi) is 3.50. The molecule has 20 heavy (non-hydrogen) atoms. The fraction of sp³-hybridized carbons (Fsp3) is 0.625. The molecule has 2 aromatic heterocycles. The van der Waals surface area contributed by atoms with Crippen LogP contribution in [0.5, 0.6) is 0 Å². The average Bonchev–Trinajstić information content (AvgIpc) is 2.77. The van der Waals surface area contributed by atoms with Crippen LogP contribution in [0, 0.1) is 5.41 Å². The van der Waals surface area contributed by atoms with Crippen LogP contribution in [0.25, 0.3) is 11.2 Å². The van der Waals surface area contributed by atoms with E-state index in [1.165, 1.54) is 6.42 Å². The fourth-order valence-corrected chi connectivity index (χ4v) is 2.80. The van der Waals surface area contributed by atoms with Crippen LogP contribution in [0.1, 0.15) is 52.0 Å². The fourth-order valence-electron chi connectivity index (χ4n) is 2.80. The van der Waals surface area contributed by atoms with E-state index in [9.17, 15) is 0 Å². The average molecular weight is 273 g/mol. The molecule has 2 aromatic rings. The monoisotopic (exact) mass is 273 g/mol. The standard InChI is InChI=1S/C16H23N3O/c1-16(2,3)11-19-14-12(7-6-9-17-14)18-15(19)13-8-4-5-10-20-13/h6-7,9,13H,4-5,8,10-11H2,1-3H3. The van der Waals surface area contributed by atoms with Crippen LogP contribution in [0.15, 0.2) is 18.3 Å². The summed E-state index contributed by atoms with van der Waals surface area (Å²) in [6.45, 7) is 8.49. The van der Waals surface area contributed by atoms with Gasteiger partial charge in [0.25, 0.3) is 0 Å². The normalized spacial score (nSPS) is 20.4.